The fraction of sp³-hybridized carbons (Fsp3) is 0.500. The van der Waals surface area contributed by atoms with Crippen molar-refractivity contribution in [3.05, 3.63) is 52.8 Å². The zero-order valence-corrected chi connectivity index (χ0v) is 14.3. The molecule has 1 aromatic carbocycles. The molecule has 5 heteroatoms. The summed E-state index contributed by atoms with van der Waals surface area (Å²) in [6.45, 7) is 0.782. The highest BCUT2D eigenvalue weighted by Gasteiger charge is 2.57. The molecule has 3 atom stereocenters. The molecule has 25 heavy (non-hydrogen) atoms. The Hall–Kier alpha value is -2.30. The number of hydrogen-bond donors (Lipinski definition) is 3. The Kier molecular flexibility index (Phi) is 3.37. The number of nitrogens with one attached hydrogen (secondary N) is 3. The summed E-state index contributed by atoms with van der Waals surface area (Å²) in [4.78, 5) is 12.3. The fourth-order valence-electron chi connectivity index (χ4n) is 4.99. The summed E-state index contributed by atoms with van der Waals surface area (Å²) in [5.74, 6) is 0.591. The van der Waals surface area contributed by atoms with Crippen LogP contribution in [0.15, 0.2) is 30.5 Å². The van der Waals surface area contributed by atoms with E-state index in [2.05, 4.69) is 45.1 Å². The van der Waals surface area contributed by atoms with Crippen molar-refractivity contribution in [1.82, 2.24) is 20.8 Å². The largest absolute Gasteiger partial charge is 0.338 e. The second kappa shape index (κ2) is 5.61. The number of aryl methyl sites for hydroxylation is 2. The monoisotopic (exact) mass is 336 g/mol. The molecule has 5 rings (SSSR count). The van der Waals surface area contributed by atoms with Gasteiger partial charge in [0, 0.05) is 23.7 Å². The first kappa shape index (κ1) is 15.0. The number of H-pyrrole nitrogens is 1. The molecule has 1 aromatic heterocycles. The standard InChI is InChI=1S/C20H24N4O/c25-19(23-16-5-6-18-14(9-16)11-22-24-18)21-12-15-10-20(15)8-7-13-3-1-2-4-17(13)20/h1-4,11,15-16H,5-10,12H2,(H,22,24)(H2,21,23,25)/t15-,16+,20+/m0/s1. The summed E-state index contributed by atoms with van der Waals surface area (Å²) in [6.07, 6.45) is 8.34. The van der Waals surface area contributed by atoms with Crippen molar-refractivity contribution in [1.29, 1.82) is 0 Å². The van der Waals surface area contributed by atoms with E-state index in [-0.39, 0.29) is 12.1 Å². The third-order valence-corrected chi connectivity index (χ3v) is 6.49. The lowest BCUT2D eigenvalue weighted by Crippen LogP contribution is -2.45. The second-order valence-electron chi connectivity index (χ2n) is 7.88. The van der Waals surface area contributed by atoms with Crippen molar-refractivity contribution in [3.8, 4) is 0 Å². The Morgan fingerprint density at radius 1 is 1.28 bits per heavy atom. The van der Waals surface area contributed by atoms with E-state index in [9.17, 15) is 4.79 Å². The lowest BCUT2D eigenvalue weighted by molar-refractivity contribution is 0.235. The van der Waals surface area contributed by atoms with Crippen molar-refractivity contribution in [2.24, 2.45) is 5.92 Å². The summed E-state index contributed by atoms with van der Waals surface area (Å²) in [5, 5.41) is 13.4. The molecule has 0 saturated heterocycles. The van der Waals surface area contributed by atoms with E-state index >= 15 is 0 Å². The molecule has 0 bridgehead atoms. The molecule has 3 aliphatic rings. The molecule has 1 fully saturated rings. The van der Waals surface area contributed by atoms with Gasteiger partial charge in [0.25, 0.3) is 0 Å². The zero-order chi connectivity index (χ0) is 16.9. The number of aromatic amines is 1. The number of amides is 2. The SMILES string of the molecule is O=C(NC[C@@H]1C[C@]12CCc1ccccc12)N[C@@H]1CCc2[nH]ncc2C1. The maximum atomic E-state index is 12.3. The minimum Gasteiger partial charge on any atom is -0.338 e. The highest BCUT2D eigenvalue weighted by Crippen LogP contribution is 2.61. The third kappa shape index (κ3) is 2.53. The average Bonchev–Trinajstić information content (AvgIpc) is 2.95. The molecule has 0 aliphatic heterocycles. The van der Waals surface area contributed by atoms with E-state index < -0.39 is 0 Å². The van der Waals surface area contributed by atoms with Crippen LogP contribution in [0.2, 0.25) is 0 Å². The van der Waals surface area contributed by atoms with Gasteiger partial charge in [0.2, 0.25) is 0 Å². The van der Waals surface area contributed by atoms with Crippen LogP contribution in [0.25, 0.3) is 0 Å². The Bertz CT molecular complexity index is 814. The Morgan fingerprint density at radius 2 is 2.20 bits per heavy atom. The molecule has 1 spiro atoms. The number of fused-ring (bicyclic) bond motifs is 3. The summed E-state index contributed by atoms with van der Waals surface area (Å²) in [6, 6.07) is 9.01. The molecule has 3 N–H and O–H groups in total. The summed E-state index contributed by atoms with van der Waals surface area (Å²) in [5.41, 5.74) is 5.84. The van der Waals surface area contributed by atoms with Gasteiger partial charge in [0.1, 0.15) is 0 Å². The number of rotatable bonds is 3. The van der Waals surface area contributed by atoms with Crippen LogP contribution in [0.4, 0.5) is 4.79 Å². The van der Waals surface area contributed by atoms with E-state index in [1.54, 1.807) is 0 Å². The number of urea groups is 1. The lowest BCUT2D eigenvalue weighted by atomic mass is 9.94. The predicted octanol–water partition coefficient (Wildman–Crippen LogP) is 2.47. The molecule has 0 radical (unpaired) electrons. The van der Waals surface area contributed by atoms with Gasteiger partial charge in [0.15, 0.2) is 0 Å². The van der Waals surface area contributed by atoms with E-state index in [0.29, 0.717) is 11.3 Å². The molecule has 1 saturated carbocycles. The third-order valence-electron chi connectivity index (χ3n) is 6.49. The van der Waals surface area contributed by atoms with Crippen LogP contribution in [0.3, 0.4) is 0 Å². The van der Waals surface area contributed by atoms with Crippen molar-refractivity contribution in [3.63, 3.8) is 0 Å². The van der Waals surface area contributed by atoms with Gasteiger partial charge >= 0.3 is 6.03 Å². The average molecular weight is 336 g/mol. The first-order valence-electron chi connectivity index (χ1n) is 9.38. The molecular weight excluding hydrogens is 312 g/mol. The lowest BCUT2D eigenvalue weighted by Gasteiger charge is -2.23. The number of aromatic nitrogens is 2. The highest BCUT2D eigenvalue weighted by molar-refractivity contribution is 5.74. The van der Waals surface area contributed by atoms with Crippen molar-refractivity contribution < 1.29 is 4.79 Å². The van der Waals surface area contributed by atoms with Gasteiger partial charge in [-0.1, -0.05) is 24.3 Å². The van der Waals surface area contributed by atoms with Crippen LogP contribution in [0, 0.1) is 5.92 Å². The summed E-state index contributed by atoms with van der Waals surface area (Å²) in [7, 11) is 0. The normalized spacial score (nSPS) is 29.1. The summed E-state index contributed by atoms with van der Waals surface area (Å²) < 4.78 is 0. The predicted molar refractivity (Wildman–Crippen MR) is 95.5 cm³/mol. The molecule has 2 amide bonds. The number of hydrogen-bond acceptors (Lipinski definition) is 2. The quantitative estimate of drug-likeness (QED) is 0.806. The minimum absolute atomic E-state index is 0.0229. The molecule has 3 aliphatic carbocycles. The molecular formula is C20H24N4O. The first-order chi connectivity index (χ1) is 12.2. The highest BCUT2D eigenvalue weighted by atomic mass is 16.2. The van der Waals surface area contributed by atoms with E-state index in [0.717, 1.165) is 25.8 Å². The van der Waals surface area contributed by atoms with Crippen LogP contribution in [-0.2, 0) is 24.7 Å². The van der Waals surface area contributed by atoms with Gasteiger partial charge in [-0.2, -0.15) is 5.10 Å². The van der Waals surface area contributed by atoms with Gasteiger partial charge < -0.3 is 10.6 Å². The molecule has 0 unspecified atom stereocenters. The van der Waals surface area contributed by atoms with Crippen molar-refractivity contribution >= 4 is 6.03 Å². The van der Waals surface area contributed by atoms with Crippen LogP contribution in [-0.4, -0.2) is 28.8 Å². The van der Waals surface area contributed by atoms with Gasteiger partial charge in [-0.3, -0.25) is 5.10 Å². The van der Waals surface area contributed by atoms with Gasteiger partial charge in [-0.15, -0.1) is 0 Å². The molecule has 1 heterocycles. The van der Waals surface area contributed by atoms with E-state index in [1.807, 2.05) is 6.20 Å². The van der Waals surface area contributed by atoms with E-state index in [4.69, 9.17) is 0 Å². The maximum Gasteiger partial charge on any atom is 0.315 e. The first-order valence-corrected chi connectivity index (χ1v) is 9.38. The minimum atomic E-state index is -0.0229. The smallest absolute Gasteiger partial charge is 0.315 e. The second-order valence-corrected chi connectivity index (χ2v) is 7.88. The Morgan fingerprint density at radius 3 is 3.16 bits per heavy atom. The summed E-state index contributed by atoms with van der Waals surface area (Å²) >= 11 is 0. The van der Waals surface area contributed by atoms with Crippen molar-refractivity contribution in [2.45, 2.75) is 50.0 Å². The number of carbonyl (C=O) groups is 1. The maximum absolute atomic E-state index is 12.3. The van der Waals surface area contributed by atoms with E-state index in [1.165, 1.54) is 41.6 Å². The number of benzene rings is 1. The number of nitrogens with zero attached hydrogens (tertiary/aromatic N) is 1. The Labute approximate surface area is 147 Å². The van der Waals surface area contributed by atoms with Gasteiger partial charge in [0.05, 0.1) is 6.20 Å². The van der Waals surface area contributed by atoms with Gasteiger partial charge in [-0.25, -0.2) is 4.79 Å². The van der Waals surface area contributed by atoms with Crippen LogP contribution in [0.1, 0.15) is 41.6 Å². The molecule has 2 aromatic rings. The van der Waals surface area contributed by atoms with Crippen LogP contribution in [0.5, 0.6) is 0 Å². The molecule has 130 valence electrons. The molecule has 5 nitrogen and oxygen atoms in total. The fourth-order valence-corrected chi connectivity index (χ4v) is 4.99. The zero-order valence-electron chi connectivity index (χ0n) is 14.3. The van der Waals surface area contributed by atoms with Crippen LogP contribution >= 0.6 is 0 Å². The number of carbonyl (C=O) groups excluding carboxylic acids is 1. The van der Waals surface area contributed by atoms with Crippen LogP contribution < -0.4 is 10.6 Å². The topological polar surface area (TPSA) is 69.8 Å². The van der Waals surface area contributed by atoms with Gasteiger partial charge in [-0.05, 0) is 61.1 Å². The van der Waals surface area contributed by atoms with Crippen molar-refractivity contribution in [2.75, 3.05) is 6.54 Å². The Balaban J connectivity index is 1.14.